The second-order valence-electron chi connectivity index (χ2n) is 4.99. The van der Waals surface area contributed by atoms with Crippen LogP contribution in [0.3, 0.4) is 0 Å². The van der Waals surface area contributed by atoms with Gasteiger partial charge in [-0.1, -0.05) is 20.8 Å². The number of nitro benzene ring substituents is 1. The van der Waals surface area contributed by atoms with Gasteiger partial charge in [-0.05, 0) is 29.9 Å². The molecule has 18 heavy (non-hydrogen) atoms. The first-order valence-electron chi connectivity index (χ1n) is 6.30. The van der Waals surface area contributed by atoms with Crippen LogP contribution in [0.4, 0.5) is 5.69 Å². The van der Waals surface area contributed by atoms with Crippen LogP contribution >= 0.6 is 0 Å². The second kappa shape index (κ2) is 4.80. The Labute approximate surface area is 106 Å². The summed E-state index contributed by atoms with van der Waals surface area (Å²) in [6, 6.07) is 5.00. The summed E-state index contributed by atoms with van der Waals surface area (Å²) in [5.74, 6) is 0.953. The number of nitrogens with zero attached hydrogens (tertiary/aromatic N) is 1. The number of aromatic amines is 1. The number of nitrogens with one attached hydrogen (secondary N) is 1. The SMILES string of the molecule is CCC(c1c[nH]c2ccc([N+](=O)[O-])cc12)C(C)C. The molecule has 0 radical (unpaired) electrons. The minimum atomic E-state index is -0.341. The highest BCUT2D eigenvalue weighted by Crippen LogP contribution is 2.34. The summed E-state index contributed by atoms with van der Waals surface area (Å²) < 4.78 is 0. The third-order valence-corrected chi connectivity index (χ3v) is 3.55. The summed E-state index contributed by atoms with van der Waals surface area (Å²) in [5.41, 5.74) is 2.31. The van der Waals surface area contributed by atoms with Crippen LogP contribution in [-0.4, -0.2) is 9.91 Å². The molecular weight excluding hydrogens is 228 g/mol. The highest BCUT2D eigenvalue weighted by atomic mass is 16.6. The maximum Gasteiger partial charge on any atom is 0.270 e. The molecule has 2 aromatic rings. The molecule has 0 saturated carbocycles. The van der Waals surface area contributed by atoms with Crippen molar-refractivity contribution in [1.82, 2.24) is 4.98 Å². The molecule has 4 heteroatoms. The van der Waals surface area contributed by atoms with Gasteiger partial charge in [0.25, 0.3) is 5.69 Å². The molecule has 1 unspecified atom stereocenters. The van der Waals surface area contributed by atoms with Crippen LogP contribution in [0, 0.1) is 16.0 Å². The van der Waals surface area contributed by atoms with Gasteiger partial charge in [-0.3, -0.25) is 10.1 Å². The number of hydrogen-bond donors (Lipinski definition) is 1. The third kappa shape index (κ3) is 2.10. The number of rotatable bonds is 4. The van der Waals surface area contributed by atoms with Gasteiger partial charge in [0, 0.05) is 29.2 Å². The van der Waals surface area contributed by atoms with Gasteiger partial charge in [0.1, 0.15) is 0 Å². The quantitative estimate of drug-likeness (QED) is 0.648. The monoisotopic (exact) mass is 246 g/mol. The fourth-order valence-corrected chi connectivity index (χ4v) is 2.60. The Kier molecular flexibility index (Phi) is 3.36. The zero-order chi connectivity index (χ0) is 13.3. The van der Waals surface area contributed by atoms with E-state index in [1.54, 1.807) is 18.2 Å². The third-order valence-electron chi connectivity index (χ3n) is 3.55. The first-order valence-corrected chi connectivity index (χ1v) is 6.30. The van der Waals surface area contributed by atoms with Crippen LogP contribution in [0.25, 0.3) is 10.9 Å². The van der Waals surface area contributed by atoms with Crippen LogP contribution in [0.5, 0.6) is 0 Å². The summed E-state index contributed by atoms with van der Waals surface area (Å²) in [7, 11) is 0. The molecule has 0 amide bonds. The lowest BCUT2D eigenvalue weighted by Gasteiger charge is -2.18. The number of aromatic nitrogens is 1. The zero-order valence-electron chi connectivity index (χ0n) is 10.9. The molecule has 96 valence electrons. The van der Waals surface area contributed by atoms with Gasteiger partial charge >= 0.3 is 0 Å². The number of fused-ring (bicyclic) bond motifs is 1. The molecule has 1 heterocycles. The van der Waals surface area contributed by atoms with E-state index in [2.05, 4.69) is 25.8 Å². The van der Waals surface area contributed by atoms with Crippen molar-refractivity contribution < 1.29 is 4.92 Å². The molecule has 4 nitrogen and oxygen atoms in total. The van der Waals surface area contributed by atoms with Gasteiger partial charge in [-0.15, -0.1) is 0 Å². The van der Waals surface area contributed by atoms with Crippen molar-refractivity contribution in [2.75, 3.05) is 0 Å². The van der Waals surface area contributed by atoms with E-state index in [4.69, 9.17) is 0 Å². The van der Waals surface area contributed by atoms with Crippen LogP contribution in [0.1, 0.15) is 38.7 Å². The molecule has 0 aliphatic heterocycles. The molecule has 0 aliphatic carbocycles. The summed E-state index contributed by atoms with van der Waals surface area (Å²) in [5, 5.41) is 11.8. The average molecular weight is 246 g/mol. The molecule has 1 atom stereocenters. The molecule has 0 aliphatic rings. The number of hydrogen-bond acceptors (Lipinski definition) is 2. The van der Waals surface area contributed by atoms with Crippen LogP contribution < -0.4 is 0 Å². The van der Waals surface area contributed by atoms with Crippen molar-refractivity contribution in [2.24, 2.45) is 5.92 Å². The van der Waals surface area contributed by atoms with E-state index >= 15 is 0 Å². The standard InChI is InChI=1S/C14H18N2O2/c1-4-11(9(2)3)13-8-15-14-6-5-10(16(17)18)7-12(13)14/h5-9,11,15H,4H2,1-3H3. The van der Waals surface area contributed by atoms with E-state index in [0.29, 0.717) is 11.8 Å². The lowest BCUT2D eigenvalue weighted by atomic mass is 9.86. The topological polar surface area (TPSA) is 58.9 Å². The average Bonchev–Trinajstić information content (AvgIpc) is 2.73. The lowest BCUT2D eigenvalue weighted by Crippen LogP contribution is -2.04. The molecule has 0 saturated heterocycles. The van der Waals surface area contributed by atoms with E-state index in [1.807, 2.05) is 6.20 Å². The fraction of sp³-hybridized carbons (Fsp3) is 0.429. The summed E-state index contributed by atoms with van der Waals surface area (Å²) in [6.07, 6.45) is 3.02. The van der Waals surface area contributed by atoms with Crippen LogP contribution in [-0.2, 0) is 0 Å². The summed E-state index contributed by atoms with van der Waals surface area (Å²) in [4.78, 5) is 13.7. The predicted octanol–water partition coefficient (Wildman–Crippen LogP) is 4.23. The van der Waals surface area contributed by atoms with Crippen molar-refractivity contribution in [1.29, 1.82) is 0 Å². The molecule has 1 N–H and O–H groups in total. The predicted molar refractivity (Wildman–Crippen MR) is 72.8 cm³/mol. The maximum atomic E-state index is 10.8. The fourth-order valence-electron chi connectivity index (χ4n) is 2.60. The van der Waals surface area contributed by atoms with Crippen molar-refractivity contribution in [2.45, 2.75) is 33.1 Å². The normalized spacial score (nSPS) is 13.1. The molecular formula is C14H18N2O2. The molecule has 0 bridgehead atoms. The largest absolute Gasteiger partial charge is 0.361 e. The van der Waals surface area contributed by atoms with Crippen molar-refractivity contribution in [3.63, 3.8) is 0 Å². The van der Waals surface area contributed by atoms with Gasteiger partial charge in [-0.2, -0.15) is 0 Å². The smallest absolute Gasteiger partial charge is 0.270 e. The molecule has 1 aromatic carbocycles. The second-order valence-corrected chi connectivity index (χ2v) is 4.99. The minimum Gasteiger partial charge on any atom is -0.361 e. The van der Waals surface area contributed by atoms with Gasteiger partial charge in [0.2, 0.25) is 0 Å². The maximum absolute atomic E-state index is 10.8. The Morgan fingerprint density at radius 1 is 1.39 bits per heavy atom. The lowest BCUT2D eigenvalue weighted by molar-refractivity contribution is -0.384. The Hall–Kier alpha value is -1.84. The van der Waals surface area contributed by atoms with Crippen LogP contribution in [0.15, 0.2) is 24.4 Å². The first kappa shape index (κ1) is 12.6. The van der Waals surface area contributed by atoms with E-state index in [1.165, 1.54) is 5.56 Å². The van der Waals surface area contributed by atoms with E-state index in [-0.39, 0.29) is 10.6 Å². The van der Waals surface area contributed by atoms with Gasteiger partial charge in [0.15, 0.2) is 0 Å². The first-order chi connectivity index (χ1) is 8.54. The number of benzene rings is 1. The molecule has 0 fully saturated rings. The zero-order valence-corrected chi connectivity index (χ0v) is 10.9. The van der Waals surface area contributed by atoms with Crippen molar-refractivity contribution >= 4 is 16.6 Å². The van der Waals surface area contributed by atoms with Gasteiger partial charge in [-0.25, -0.2) is 0 Å². The van der Waals surface area contributed by atoms with Gasteiger partial charge < -0.3 is 4.98 Å². The molecule has 2 rings (SSSR count). The Morgan fingerprint density at radius 3 is 2.67 bits per heavy atom. The minimum absolute atomic E-state index is 0.155. The Morgan fingerprint density at radius 2 is 2.11 bits per heavy atom. The van der Waals surface area contributed by atoms with Crippen molar-refractivity contribution in [3.05, 3.63) is 40.1 Å². The Bertz CT molecular complexity index is 572. The highest BCUT2D eigenvalue weighted by molar-refractivity contribution is 5.85. The van der Waals surface area contributed by atoms with Gasteiger partial charge in [0.05, 0.1) is 4.92 Å². The highest BCUT2D eigenvalue weighted by Gasteiger charge is 2.19. The van der Waals surface area contributed by atoms with E-state index < -0.39 is 0 Å². The molecule has 1 aromatic heterocycles. The molecule has 0 spiro atoms. The van der Waals surface area contributed by atoms with E-state index in [9.17, 15) is 10.1 Å². The van der Waals surface area contributed by atoms with E-state index in [0.717, 1.165) is 17.3 Å². The summed E-state index contributed by atoms with van der Waals surface area (Å²) >= 11 is 0. The summed E-state index contributed by atoms with van der Waals surface area (Å²) in [6.45, 7) is 6.52. The number of non-ortho nitro benzene ring substituents is 1. The van der Waals surface area contributed by atoms with Crippen LogP contribution in [0.2, 0.25) is 0 Å². The van der Waals surface area contributed by atoms with Crippen molar-refractivity contribution in [3.8, 4) is 0 Å². The number of H-pyrrole nitrogens is 1. The Balaban J connectivity index is 2.57. The number of nitro groups is 1.